The quantitative estimate of drug-likeness (QED) is 0.909. The van der Waals surface area contributed by atoms with Crippen LogP contribution in [0.15, 0.2) is 34.9 Å². The number of pyridine rings is 1. The van der Waals surface area contributed by atoms with Gasteiger partial charge in [0.15, 0.2) is 0 Å². The maximum Gasteiger partial charge on any atom is 0.214 e. The van der Waals surface area contributed by atoms with Gasteiger partial charge < -0.3 is 14.5 Å². The Labute approximate surface area is 120 Å². The SMILES string of the molecule is CNCc1cc(OCc2ccco2)nc(C(C)(C)C)c1. The van der Waals surface area contributed by atoms with Gasteiger partial charge >= 0.3 is 0 Å². The number of hydrogen-bond acceptors (Lipinski definition) is 4. The number of aromatic nitrogens is 1. The van der Waals surface area contributed by atoms with Crippen molar-refractivity contribution in [1.82, 2.24) is 10.3 Å². The molecule has 0 aliphatic rings. The van der Waals surface area contributed by atoms with E-state index in [1.807, 2.05) is 25.2 Å². The Morgan fingerprint density at radius 2 is 2.10 bits per heavy atom. The highest BCUT2D eigenvalue weighted by molar-refractivity contribution is 5.28. The Hall–Kier alpha value is -1.81. The van der Waals surface area contributed by atoms with E-state index >= 15 is 0 Å². The van der Waals surface area contributed by atoms with Gasteiger partial charge in [0.2, 0.25) is 5.88 Å². The standard InChI is InChI=1S/C16H22N2O2/c1-16(2,3)14-8-12(10-17-4)9-15(18-14)20-11-13-6-5-7-19-13/h5-9,17H,10-11H2,1-4H3. The topological polar surface area (TPSA) is 47.3 Å². The largest absolute Gasteiger partial charge is 0.469 e. The van der Waals surface area contributed by atoms with Crippen molar-refractivity contribution in [2.45, 2.75) is 39.3 Å². The van der Waals surface area contributed by atoms with Gasteiger partial charge in [0, 0.05) is 18.0 Å². The second-order valence-corrected chi connectivity index (χ2v) is 5.85. The molecule has 2 rings (SSSR count). The fourth-order valence-corrected chi connectivity index (χ4v) is 1.86. The van der Waals surface area contributed by atoms with Crippen LogP contribution in [0.5, 0.6) is 5.88 Å². The number of ether oxygens (including phenoxy) is 1. The molecule has 0 saturated carbocycles. The Bertz CT molecular complexity index is 542. The molecule has 0 bridgehead atoms. The second kappa shape index (κ2) is 6.09. The van der Waals surface area contributed by atoms with Gasteiger partial charge in [-0.1, -0.05) is 20.8 Å². The predicted octanol–water partition coefficient (Wildman–Crippen LogP) is 3.27. The van der Waals surface area contributed by atoms with E-state index in [-0.39, 0.29) is 5.41 Å². The monoisotopic (exact) mass is 274 g/mol. The molecular formula is C16H22N2O2. The molecule has 4 heteroatoms. The Morgan fingerprint density at radius 3 is 2.70 bits per heavy atom. The summed E-state index contributed by atoms with van der Waals surface area (Å²) in [6.07, 6.45) is 1.64. The summed E-state index contributed by atoms with van der Waals surface area (Å²) in [6, 6.07) is 7.83. The van der Waals surface area contributed by atoms with Gasteiger partial charge in [0.1, 0.15) is 12.4 Å². The molecule has 0 aliphatic carbocycles. The van der Waals surface area contributed by atoms with Crippen LogP contribution in [0.1, 0.15) is 37.8 Å². The minimum Gasteiger partial charge on any atom is -0.469 e. The zero-order valence-corrected chi connectivity index (χ0v) is 12.6. The lowest BCUT2D eigenvalue weighted by Gasteiger charge is -2.20. The Balaban J connectivity index is 2.20. The van der Waals surface area contributed by atoms with Gasteiger partial charge in [-0.05, 0) is 30.8 Å². The maximum atomic E-state index is 5.74. The molecule has 2 heterocycles. The number of furan rings is 1. The fraction of sp³-hybridized carbons (Fsp3) is 0.438. The molecule has 1 N–H and O–H groups in total. The summed E-state index contributed by atoms with van der Waals surface area (Å²) < 4.78 is 11.0. The van der Waals surface area contributed by atoms with E-state index in [1.165, 1.54) is 5.56 Å². The third kappa shape index (κ3) is 3.84. The van der Waals surface area contributed by atoms with E-state index in [9.17, 15) is 0 Å². The van der Waals surface area contributed by atoms with Gasteiger partial charge in [-0.25, -0.2) is 4.98 Å². The average molecular weight is 274 g/mol. The molecule has 0 aromatic carbocycles. The first-order valence-corrected chi connectivity index (χ1v) is 6.80. The van der Waals surface area contributed by atoms with Crippen LogP contribution >= 0.6 is 0 Å². The van der Waals surface area contributed by atoms with E-state index < -0.39 is 0 Å². The number of nitrogens with zero attached hydrogens (tertiary/aromatic N) is 1. The first-order chi connectivity index (χ1) is 9.49. The highest BCUT2D eigenvalue weighted by atomic mass is 16.5. The molecule has 0 radical (unpaired) electrons. The third-order valence-corrected chi connectivity index (χ3v) is 2.95. The first kappa shape index (κ1) is 14.6. The van der Waals surface area contributed by atoms with Crippen LogP contribution in [0.25, 0.3) is 0 Å². The molecule has 2 aromatic rings. The van der Waals surface area contributed by atoms with Gasteiger partial charge in [-0.15, -0.1) is 0 Å². The van der Waals surface area contributed by atoms with Gasteiger partial charge in [-0.2, -0.15) is 0 Å². The molecule has 20 heavy (non-hydrogen) atoms. The average Bonchev–Trinajstić information content (AvgIpc) is 2.88. The fourth-order valence-electron chi connectivity index (χ4n) is 1.86. The predicted molar refractivity (Wildman–Crippen MR) is 78.7 cm³/mol. The van der Waals surface area contributed by atoms with Crippen LogP contribution in [0.2, 0.25) is 0 Å². The normalized spacial score (nSPS) is 11.6. The van der Waals surface area contributed by atoms with Crippen molar-refractivity contribution < 1.29 is 9.15 Å². The molecule has 0 unspecified atom stereocenters. The summed E-state index contributed by atoms with van der Waals surface area (Å²) in [5.74, 6) is 1.43. The molecule has 4 nitrogen and oxygen atoms in total. The van der Waals surface area contributed by atoms with E-state index in [2.05, 4.69) is 37.1 Å². The smallest absolute Gasteiger partial charge is 0.214 e. The number of rotatable bonds is 5. The number of hydrogen-bond donors (Lipinski definition) is 1. The van der Waals surface area contributed by atoms with Crippen molar-refractivity contribution in [3.63, 3.8) is 0 Å². The van der Waals surface area contributed by atoms with Crippen LogP contribution in [0.4, 0.5) is 0 Å². The lowest BCUT2D eigenvalue weighted by molar-refractivity contribution is 0.258. The van der Waals surface area contributed by atoms with Crippen molar-refractivity contribution in [1.29, 1.82) is 0 Å². The molecule has 0 saturated heterocycles. The molecular weight excluding hydrogens is 252 g/mol. The minimum absolute atomic E-state index is 0.00740. The molecule has 2 aromatic heterocycles. The van der Waals surface area contributed by atoms with Crippen LogP contribution in [-0.4, -0.2) is 12.0 Å². The lowest BCUT2D eigenvalue weighted by Crippen LogP contribution is -2.16. The lowest BCUT2D eigenvalue weighted by atomic mass is 9.91. The molecule has 0 aliphatic heterocycles. The molecule has 0 amide bonds. The molecule has 0 spiro atoms. The summed E-state index contributed by atoms with van der Waals surface area (Å²) in [6.45, 7) is 7.63. The highest BCUT2D eigenvalue weighted by Crippen LogP contribution is 2.24. The van der Waals surface area contributed by atoms with Gasteiger partial charge in [-0.3, -0.25) is 0 Å². The number of nitrogens with one attached hydrogen (secondary N) is 1. The summed E-state index contributed by atoms with van der Waals surface area (Å²) in [7, 11) is 1.93. The van der Waals surface area contributed by atoms with Crippen molar-refractivity contribution in [3.05, 3.63) is 47.5 Å². The summed E-state index contributed by atoms with van der Waals surface area (Å²) >= 11 is 0. The van der Waals surface area contributed by atoms with Crippen LogP contribution < -0.4 is 10.1 Å². The highest BCUT2D eigenvalue weighted by Gasteiger charge is 2.17. The van der Waals surface area contributed by atoms with Crippen molar-refractivity contribution >= 4 is 0 Å². The zero-order valence-electron chi connectivity index (χ0n) is 12.6. The molecule has 0 fully saturated rings. The third-order valence-electron chi connectivity index (χ3n) is 2.95. The minimum atomic E-state index is -0.00740. The van der Waals surface area contributed by atoms with Gasteiger partial charge in [0.05, 0.1) is 12.0 Å². The van der Waals surface area contributed by atoms with Gasteiger partial charge in [0.25, 0.3) is 0 Å². The van der Waals surface area contributed by atoms with Crippen LogP contribution in [0, 0.1) is 0 Å². The summed E-state index contributed by atoms with van der Waals surface area (Å²) in [4.78, 5) is 4.59. The molecule has 0 atom stereocenters. The zero-order chi connectivity index (χ0) is 14.6. The van der Waals surface area contributed by atoms with Crippen molar-refractivity contribution in [3.8, 4) is 5.88 Å². The van der Waals surface area contributed by atoms with Crippen molar-refractivity contribution in [2.75, 3.05) is 7.05 Å². The van der Waals surface area contributed by atoms with E-state index in [0.717, 1.165) is 18.0 Å². The summed E-state index contributed by atoms with van der Waals surface area (Å²) in [5, 5.41) is 3.16. The van der Waals surface area contributed by atoms with E-state index in [4.69, 9.17) is 9.15 Å². The molecule has 108 valence electrons. The Kier molecular flexibility index (Phi) is 4.45. The van der Waals surface area contributed by atoms with E-state index in [1.54, 1.807) is 6.26 Å². The maximum absolute atomic E-state index is 5.74. The van der Waals surface area contributed by atoms with Crippen LogP contribution in [0.3, 0.4) is 0 Å². The first-order valence-electron chi connectivity index (χ1n) is 6.80. The van der Waals surface area contributed by atoms with Crippen molar-refractivity contribution in [2.24, 2.45) is 0 Å². The van der Waals surface area contributed by atoms with Crippen LogP contribution in [-0.2, 0) is 18.6 Å². The second-order valence-electron chi connectivity index (χ2n) is 5.85. The Morgan fingerprint density at radius 1 is 1.30 bits per heavy atom. The summed E-state index contributed by atoms with van der Waals surface area (Å²) in [5.41, 5.74) is 2.19. The van der Waals surface area contributed by atoms with E-state index in [0.29, 0.717) is 12.5 Å².